The highest BCUT2D eigenvalue weighted by Crippen LogP contribution is 2.15. The summed E-state index contributed by atoms with van der Waals surface area (Å²) in [6.45, 7) is 0.392. The van der Waals surface area contributed by atoms with Crippen LogP contribution in [0.5, 0.6) is 0 Å². The van der Waals surface area contributed by atoms with E-state index in [4.69, 9.17) is 5.26 Å². The largest absolute Gasteiger partial charge is 0.343 e. The van der Waals surface area contributed by atoms with Gasteiger partial charge in [-0.3, -0.25) is 4.79 Å². The monoisotopic (exact) mass is 284 g/mol. The van der Waals surface area contributed by atoms with Gasteiger partial charge in [0.25, 0.3) is 0 Å². The summed E-state index contributed by atoms with van der Waals surface area (Å²) in [5, 5.41) is 19.7. The molecule has 0 bridgehead atoms. The Hall–Kier alpha value is -2.75. The fraction of sp³-hybridized carbons (Fsp3) is 0.357. The summed E-state index contributed by atoms with van der Waals surface area (Å²) in [7, 11) is 1.68. The van der Waals surface area contributed by atoms with Crippen LogP contribution in [0.1, 0.15) is 18.0 Å². The van der Waals surface area contributed by atoms with Gasteiger partial charge in [-0.25, -0.2) is 4.68 Å². The molecule has 0 radical (unpaired) electrons. The van der Waals surface area contributed by atoms with E-state index in [1.165, 1.54) is 11.0 Å². The van der Waals surface area contributed by atoms with E-state index < -0.39 is 6.04 Å². The van der Waals surface area contributed by atoms with E-state index >= 15 is 0 Å². The molecule has 108 valence electrons. The van der Waals surface area contributed by atoms with E-state index in [9.17, 15) is 4.79 Å². The van der Waals surface area contributed by atoms with Gasteiger partial charge in [0.05, 0.1) is 12.5 Å². The van der Waals surface area contributed by atoms with Gasteiger partial charge >= 0.3 is 0 Å². The molecule has 0 fully saturated rings. The topological polar surface area (TPSA) is 87.7 Å². The van der Waals surface area contributed by atoms with E-state index in [2.05, 4.69) is 15.5 Å². The Morgan fingerprint density at radius 2 is 2.19 bits per heavy atom. The molecule has 0 aliphatic heterocycles. The molecule has 0 N–H and O–H groups in total. The number of aromatic nitrogens is 4. The third-order valence-electron chi connectivity index (χ3n) is 3.18. The van der Waals surface area contributed by atoms with Crippen LogP contribution < -0.4 is 0 Å². The second kappa shape index (κ2) is 7.14. The molecule has 0 aliphatic rings. The summed E-state index contributed by atoms with van der Waals surface area (Å²) in [4.78, 5) is 14.1. The fourth-order valence-corrected chi connectivity index (χ4v) is 2.02. The predicted molar refractivity (Wildman–Crippen MR) is 74.9 cm³/mol. The van der Waals surface area contributed by atoms with Gasteiger partial charge in [0.2, 0.25) is 5.91 Å². The molecule has 7 heteroatoms. The first-order valence-corrected chi connectivity index (χ1v) is 6.60. The second-order valence-corrected chi connectivity index (χ2v) is 4.66. The summed E-state index contributed by atoms with van der Waals surface area (Å²) in [5.74, 6) is -0.110. The molecule has 1 aromatic heterocycles. The van der Waals surface area contributed by atoms with Crippen molar-refractivity contribution in [2.24, 2.45) is 0 Å². The Bertz CT molecular complexity index is 604. The summed E-state index contributed by atoms with van der Waals surface area (Å²) < 4.78 is 1.46. The molecule has 1 aromatic carbocycles. The number of hydrogen-bond acceptors (Lipinski definition) is 5. The predicted octanol–water partition coefficient (Wildman–Crippen LogP) is 0.829. The van der Waals surface area contributed by atoms with Crippen LogP contribution in [0.15, 0.2) is 36.7 Å². The van der Waals surface area contributed by atoms with Gasteiger partial charge in [0, 0.05) is 20.0 Å². The molecule has 0 saturated heterocycles. The molecule has 0 spiro atoms. The number of amides is 1. The number of tetrazole rings is 1. The van der Waals surface area contributed by atoms with Crippen molar-refractivity contribution in [1.29, 1.82) is 5.26 Å². The molecule has 7 nitrogen and oxygen atoms in total. The lowest BCUT2D eigenvalue weighted by Gasteiger charge is -2.22. The van der Waals surface area contributed by atoms with Crippen molar-refractivity contribution in [2.75, 3.05) is 13.6 Å². The average molecular weight is 284 g/mol. The van der Waals surface area contributed by atoms with Crippen LogP contribution in [-0.4, -0.2) is 44.6 Å². The van der Waals surface area contributed by atoms with Gasteiger partial charge in [-0.15, -0.1) is 5.10 Å². The minimum atomic E-state index is -0.508. The van der Waals surface area contributed by atoms with Gasteiger partial charge in [-0.1, -0.05) is 30.3 Å². The average Bonchev–Trinajstić information content (AvgIpc) is 3.04. The smallest absolute Gasteiger partial charge is 0.247 e. The molecule has 0 saturated carbocycles. The van der Waals surface area contributed by atoms with Crippen LogP contribution in [0.4, 0.5) is 0 Å². The minimum absolute atomic E-state index is 0.110. The molecule has 2 aromatic rings. The van der Waals surface area contributed by atoms with Crippen molar-refractivity contribution in [3.8, 4) is 6.07 Å². The van der Waals surface area contributed by atoms with Crippen molar-refractivity contribution in [3.05, 3.63) is 42.2 Å². The number of benzene rings is 1. The Morgan fingerprint density at radius 1 is 1.43 bits per heavy atom. The lowest BCUT2D eigenvalue weighted by Crippen LogP contribution is -2.36. The molecule has 2 rings (SSSR count). The van der Waals surface area contributed by atoms with E-state index in [-0.39, 0.29) is 5.91 Å². The van der Waals surface area contributed by atoms with Gasteiger partial charge in [-0.2, -0.15) is 5.26 Å². The molecule has 1 unspecified atom stereocenters. The fourth-order valence-electron chi connectivity index (χ4n) is 2.02. The third-order valence-corrected chi connectivity index (χ3v) is 3.18. The summed E-state index contributed by atoms with van der Waals surface area (Å²) in [5.41, 5.74) is 1.03. The quantitative estimate of drug-likeness (QED) is 0.784. The second-order valence-electron chi connectivity index (χ2n) is 4.66. The highest BCUT2D eigenvalue weighted by Gasteiger charge is 2.25. The number of nitrogens with zero attached hydrogens (tertiary/aromatic N) is 6. The van der Waals surface area contributed by atoms with Crippen molar-refractivity contribution in [2.45, 2.75) is 18.9 Å². The normalized spacial score (nSPS) is 11.6. The number of hydrogen-bond donors (Lipinski definition) is 0. The maximum atomic E-state index is 12.6. The molecule has 21 heavy (non-hydrogen) atoms. The zero-order valence-corrected chi connectivity index (χ0v) is 11.8. The van der Waals surface area contributed by atoms with Crippen molar-refractivity contribution in [3.63, 3.8) is 0 Å². The lowest BCUT2D eigenvalue weighted by atomic mass is 10.1. The van der Waals surface area contributed by atoms with E-state index in [0.29, 0.717) is 19.4 Å². The van der Waals surface area contributed by atoms with E-state index in [1.54, 1.807) is 11.9 Å². The Morgan fingerprint density at radius 3 is 2.81 bits per heavy atom. The number of carbonyl (C=O) groups is 1. The van der Waals surface area contributed by atoms with Crippen LogP contribution in [0.2, 0.25) is 0 Å². The maximum absolute atomic E-state index is 12.6. The van der Waals surface area contributed by atoms with Gasteiger partial charge in [0.15, 0.2) is 0 Å². The molecule has 1 atom stereocenters. The number of nitriles is 1. The Kier molecular flexibility index (Phi) is 4.99. The van der Waals surface area contributed by atoms with Gasteiger partial charge in [0.1, 0.15) is 12.4 Å². The minimum Gasteiger partial charge on any atom is -0.343 e. The van der Waals surface area contributed by atoms with Crippen LogP contribution in [0.25, 0.3) is 0 Å². The Balaban J connectivity index is 2.17. The summed E-state index contributed by atoms with van der Waals surface area (Å²) in [6.07, 6.45) is 2.24. The molecule has 0 aliphatic carbocycles. The van der Waals surface area contributed by atoms with Crippen molar-refractivity contribution < 1.29 is 4.79 Å². The van der Waals surface area contributed by atoms with Gasteiger partial charge < -0.3 is 4.90 Å². The first-order valence-electron chi connectivity index (χ1n) is 6.60. The molecular formula is C14H16N6O. The number of rotatable bonds is 6. The molecular weight excluding hydrogens is 268 g/mol. The summed E-state index contributed by atoms with van der Waals surface area (Å²) >= 11 is 0. The number of carbonyl (C=O) groups excluding carboxylic acids is 1. The lowest BCUT2D eigenvalue weighted by molar-refractivity contribution is -0.133. The maximum Gasteiger partial charge on any atom is 0.247 e. The summed E-state index contributed by atoms with van der Waals surface area (Å²) in [6, 6.07) is 11.2. The van der Waals surface area contributed by atoms with Crippen LogP contribution in [0.3, 0.4) is 0 Å². The third kappa shape index (κ3) is 3.86. The van der Waals surface area contributed by atoms with Gasteiger partial charge in [-0.05, 0) is 16.0 Å². The SMILES string of the molecule is CN(CCC#N)C(=O)C(Cc1ccccc1)n1cnnn1. The van der Waals surface area contributed by atoms with Crippen LogP contribution in [0, 0.1) is 11.3 Å². The highest BCUT2D eigenvalue weighted by atomic mass is 16.2. The first-order chi connectivity index (χ1) is 10.2. The number of likely N-dealkylation sites (N-methyl/N-ethyl adjacent to an activating group) is 1. The molecule has 1 heterocycles. The first kappa shape index (κ1) is 14.7. The van der Waals surface area contributed by atoms with E-state index in [0.717, 1.165) is 5.56 Å². The van der Waals surface area contributed by atoms with E-state index in [1.807, 2.05) is 36.4 Å². The zero-order valence-electron chi connectivity index (χ0n) is 11.8. The van der Waals surface area contributed by atoms with Crippen molar-refractivity contribution >= 4 is 5.91 Å². The van der Waals surface area contributed by atoms with Crippen LogP contribution >= 0.6 is 0 Å². The zero-order chi connectivity index (χ0) is 15.1. The highest BCUT2D eigenvalue weighted by molar-refractivity contribution is 5.80. The Labute approximate surface area is 122 Å². The van der Waals surface area contributed by atoms with Crippen molar-refractivity contribution in [1.82, 2.24) is 25.1 Å². The standard InChI is InChI=1S/C14H16N6O/c1-19(9-5-8-15)14(21)13(20-11-16-17-18-20)10-12-6-3-2-4-7-12/h2-4,6-7,11,13H,5,9-10H2,1H3. The van der Waals surface area contributed by atoms with Crippen LogP contribution in [-0.2, 0) is 11.2 Å². The molecule has 1 amide bonds.